The van der Waals surface area contributed by atoms with E-state index in [4.69, 9.17) is 14.5 Å². The van der Waals surface area contributed by atoms with Gasteiger partial charge in [-0.15, -0.1) is 0 Å². The third-order valence-corrected chi connectivity index (χ3v) is 13.1. The van der Waals surface area contributed by atoms with Crippen LogP contribution in [0.5, 0.6) is 5.88 Å². The van der Waals surface area contributed by atoms with Gasteiger partial charge in [0.2, 0.25) is 0 Å². The number of alkyl halides is 3. The van der Waals surface area contributed by atoms with Gasteiger partial charge in [0.05, 0.1) is 0 Å². The summed E-state index contributed by atoms with van der Waals surface area (Å²) in [6, 6.07) is 4.33. The van der Waals surface area contributed by atoms with Crippen LogP contribution in [0.3, 0.4) is 0 Å². The second-order valence-electron chi connectivity index (χ2n) is 8.61. The molecule has 0 aliphatic carbocycles. The Hall–Kier alpha value is -2.01. The standard InChI is InChI=1S/C23H30IN5O3/c1-3-16-11-24(10-15-4-5-20(31-2)25-13-15)12-18(16)21-27-22-19(23(30)28-21)14-26-29(22)17-6-8-32-9-7-17/h4-5,13-14,16-18H,3,6-12H2,1-2H3,(H,27,28,30)/t16-,18-/m1/s1. The zero-order chi connectivity index (χ0) is 22.1. The van der Waals surface area contributed by atoms with E-state index in [1.165, 1.54) is 14.4 Å². The molecule has 2 saturated heterocycles. The van der Waals surface area contributed by atoms with Gasteiger partial charge in [-0.2, -0.15) is 0 Å². The molecule has 0 radical (unpaired) electrons. The van der Waals surface area contributed by atoms with Crippen molar-refractivity contribution in [3.05, 3.63) is 46.3 Å². The third-order valence-electron chi connectivity index (χ3n) is 6.61. The molecule has 3 aromatic heterocycles. The molecule has 0 unspecified atom stereocenters. The summed E-state index contributed by atoms with van der Waals surface area (Å²) in [6.45, 7) is 3.72. The number of nitrogens with one attached hydrogen (secondary N) is 1. The fourth-order valence-electron chi connectivity index (χ4n) is 4.77. The molecular formula is C23H30IN5O3. The first kappa shape index (κ1) is 21.8. The molecule has 5 rings (SSSR count). The van der Waals surface area contributed by atoms with Gasteiger partial charge < -0.3 is 0 Å². The minimum atomic E-state index is -1.22. The number of aromatic nitrogens is 5. The molecule has 2 aliphatic rings. The van der Waals surface area contributed by atoms with Gasteiger partial charge in [0, 0.05) is 0 Å². The molecule has 5 heterocycles. The molecule has 1 N–H and O–H groups in total. The van der Waals surface area contributed by atoms with Crippen LogP contribution in [-0.4, -0.2) is 53.9 Å². The number of ether oxygens (including phenoxy) is 2. The maximum absolute atomic E-state index is 12.9. The van der Waals surface area contributed by atoms with Crippen LogP contribution in [0.1, 0.15) is 49.5 Å². The van der Waals surface area contributed by atoms with Crippen molar-refractivity contribution in [2.75, 3.05) is 29.2 Å². The number of halogens is 1. The van der Waals surface area contributed by atoms with Crippen molar-refractivity contribution in [1.29, 1.82) is 0 Å². The molecule has 8 nitrogen and oxygen atoms in total. The molecule has 2 aliphatic heterocycles. The van der Waals surface area contributed by atoms with Gasteiger partial charge in [-0.1, -0.05) is 0 Å². The van der Waals surface area contributed by atoms with E-state index < -0.39 is 19.8 Å². The van der Waals surface area contributed by atoms with Gasteiger partial charge >= 0.3 is 195 Å². The van der Waals surface area contributed by atoms with E-state index in [1.807, 2.05) is 16.9 Å². The molecule has 0 spiro atoms. The van der Waals surface area contributed by atoms with Crippen LogP contribution < -0.4 is 10.3 Å². The average Bonchev–Trinajstić information content (AvgIpc) is 3.44. The van der Waals surface area contributed by atoms with Crippen LogP contribution in [-0.2, 0) is 9.16 Å². The van der Waals surface area contributed by atoms with Gasteiger partial charge in [0.15, 0.2) is 0 Å². The van der Waals surface area contributed by atoms with Gasteiger partial charge in [-0.05, 0) is 0 Å². The van der Waals surface area contributed by atoms with E-state index in [-0.39, 0.29) is 11.6 Å². The predicted molar refractivity (Wildman–Crippen MR) is 132 cm³/mol. The first-order valence-electron chi connectivity index (χ1n) is 11.3. The van der Waals surface area contributed by atoms with E-state index in [0.29, 0.717) is 23.1 Å². The van der Waals surface area contributed by atoms with Crippen LogP contribution in [0, 0.1) is 5.92 Å². The van der Waals surface area contributed by atoms with Crippen LogP contribution in [0.15, 0.2) is 29.3 Å². The Morgan fingerprint density at radius 1 is 1.25 bits per heavy atom. The van der Waals surface area contributed by atoms with Gasteiger partial charge in [-0.25, -0.2) is 0 Å². The monoisotopic (exact) mass is 551 g/mol. The molecule has 0 aromatic carbocycles. The number of hydrogen-bond acceptors (Lipinski definition) is 6. The summed E-state index contributed by atoms with van der Waals surface area (Å²) in [7, 11) is 1.64. The summed E-state index contributed by atoms with van der Waals surface area (Å²) in [6.07, 6.45) is 6.55. The number of methoxy groups -OCH3 is 1. The Morgan fingerprint density at radius 3 is 2.81 bits per heavy atom. The molecule has 3 aromatic rings. The fourth-order valence-corrected chi connectivity index (χ4v) is 12.8. The van der Waals surface area contributed by atoms with Crippen molar-refractivity contribution in [2.24, 2.45) is 5.92 Å². The van der Waals surface area contributed by atoms with E-state index in [1.54, 1.807) is 13.3 Å². The molecule has 0 amide bonds. The van der Waals surface area contributed by atoms with Crippen LogP contribution >= 0.6 is 19.8 Å². The van der Waals surface area contributed by atoms with E-state index in [9.17, 15) is 4.79 Å². The topological polar surface area (TPSA) is 94.9 Å². The molecule has 9 heteroatoms. The Labute approximate surface area is 194 Å². The Morgan fingerprint density at radius 2 is 2.09 bits per heavy atom. The summed E-state index contributed by atoms with van der Waals surface area (Å²) < 4.78 is 16.3. The number of aromatic amines is 1. The summed E-state index contributed by atoms with van der Waals surface area (Å²) >= 11 is -1.22. The first-order chi connectivity index (χ1) is 15.7. The predicted octanol–water partition coefficient (Wildman–Crippen LogP) is 3.70. The van der Waals surface area contributed by atoms with Crippen molar-refractivity contribution in [3.63, 3.8) is 0 Å². The SMILES string of the molecule is CC[C@@H]1CI(Cc2ccc(OC)nc2)C[C@H]1c1nc2c(cnn2C2CCOCC2)c(=O)[nH]1. The molecule has 0 saturated carbocycles. The van der Waals surface area contributed by atoms with E-state index >= 15 is 0 Å². The van der Waals surface area contributed by atoms with Gasteiger partial charge in [-0.3, -0.25) is 0 Å². The molecule has 2 atom stereocenters. The number of pyridine rings is 1. The number of hydrogen-bond donors (Lipinski definition) is 1. The third kappa shape index (κ3) is 4.28. The fraction of sp³-hybridized carbons (Fsp3) is 0.565. The van der Waals surface area contributed by atoms with Gasteiger partial charge in [0.1, 0.15) is 0 Å². The summed E-state index contributed by atoms with van der Waals surface area (Å²) in [5.41, 5.74) is 1.96. The van der Waals surface area contributed by atoms with Crippen molar-refractivity contribution in [2.45, 2.75) is 42.6 Å². The number of fused-ring (bicyclic) bond motifs is 1. The number of H-pyrrole nitrogens is 1. The maximum atomic E-state index is 12.9. The molecule has 172 valence electrons. The molecule has 0 bridgehead atoms. The van der Waals surface area contributed by atoms with Crippen LogP contribution in [0.25, 0.3) is 11.0 Å². The Kier molecular flexibility index (Phi) is 6.45. The second-order valence-corrected chi connectivity index (χ2v) is 14.4. The van der Waals surface area contributed by atoms with E-state index in [0.717, 1.165) is 48.4 Å². The molecule has 32 heavy (non-hydrogen) atoms. The number of rotatable bonds is 6. The molecule has 2 fully saturated rings. The minimum absolute atomic E-state index is 0.0650. The zero-order valence-corrected chi connectivity index (χ0v) is 20.7. The quantitative estimate of drug-likeness (QED) is 0.371. The van der Waals surface area contributed by atoms with E-state index in [2.05, 4.69) is 28.1 Å². The van der Waals surface area contributed by atoms with Crippen molar-refractivity contribution >= 4 is 30.9 Å². The second kappa shape index (κ2) is 9.46. The van der Waals surface area contributed by atoms with Crippen molar-refractivity contribution in [1.82, 2.24) is 24.7 Å². The van der Waals surface area contributed by atoms with Crippen molar-refractivity contribution < 1.29 is 9.47 Å². The Bertz CT molecular complexity index is 1120. The Balaban J connectivity index is 1.41. The first-order valence-corrected chi connectivity index (χ1v) is 15.9. The zero-order valence-electron chi connectivity index (χ0n) is 18.6. The van der Waals surface area contributed by atoms with Crippen molar-refractivity contribution in [3.8, 4) is 5.88 Å². The normalized spacial score (nSPS) is 23.1. The average molecular weight is 551 g/mol. The number of nitrogens with zero attached hydrogens (tertiary/aromatic N) is 4. The van der Waals surface area contributed by atoms with Gasteiger partial charge in [0.25, 0.3) is 0 Å². The summed E-state index contributed by atoms with van der Waals surface area (Å²) in [4.78, 5) is 25.4. The van der Waals surface area contributed by atoms with Crippen LogP contribution in [0.2, 0.25) is 0 Å². The van der Waals surface area contributed by atoms with Crippen LogP contribution in [0.4, 0.5) is 0 Å². The summed E-state index contributed by atoms with van der Waals surface area (Å²) in [5.74, 6) is 2.42. The summed E-state index contributed by atoms with van der Waals surface area (Å²) in [5, 5.41) is 5.13. The molecular weight excluding hydrogens is 521 g/mol.